The van der Waals surface area contributed by atoms with Crippen LogP contribution in [0.25, 0.3) is 0 Å². The van der Waals surface area contributed by atoms with E-state index in [-0.39, 0.29) is 6.03 Å². The van der Waals surface area contributed by atoms with Crippen LogP contribution in [0.2, 0.25) is 10.0 Å². The fourth-order valence-electron chi connectivity index (χ4n) is 1.19. The van der Waals surface area contributed by atoms with Crippen molar-refractivity contribution < 1.29 is 4.79 Å². The van der Waals surface area contributed by atoms with E-state index in [9.17, 15) is 4.79 Å². The van der Waals surface area contributed by atoms with Gasteiger partial charge in [0, 0.05) is 28.7 Å². The van der Waals surface area contributed by atoms with E-state index in [0.29, 0.717) is 28.7 Å². The van der Waals surface area contributed by atoms with E-state index in [1.807, 2.05) is 0 Å². The molecule has 0 spiro atoms. The molecule has 2 N–H and O–H groups in total. The predicted octanol–water partition coefficient (Wildman–Crippen LogP) is 3.53. The first-order valence-electron chi connectivity index (χ1n) is 5.06. The van der Waals surface area contributed by atoms with Crippen molar-refractivity contribution in [3.8, 4) is 12.3 Å². The number of carbonyl (C=O) groups is 1. The summed E-state index contributed by atoms with van der Waals surface area (Å²) in [4.78, 5) is 11.4. The van der Waals surface area contributed by atoms with Gasteiger partial charge in [-0.05, 0) is 24.6 Å². The van der Waals surface area contributed by atoms with Crippen LogP contribution in [-0.4, -0.2) is 12.6 Å². The molecular formula is C12H12Cl2N2O. The van der Waals surface area contributed by atoms with Crippen LogP contribution in [0, 0.1) is 12.3 Å². The number of nitrogens with one attached hydrogen (secondary N) is 2. The molecule has 0 aromatic heterocycles. The molecule has 1 rings (SSSR count). The highest BCUT2D eigenvalue weighted by Gasteiger charge is 2.02. The number of unbranched alkanes of at least 4 members (excludes halogenated alkanes) is 1. The summed E-state index contributed by atoms with van der Waals surface area (Å²) in [5.74, 6) is 2.50. The number of benzene rings is 1. The number of halogens is 2. The van der Waals surface area contributed by atoms with E-state index >= 15 is 0 Å². The molecule has 3 nitrogen and oxygen atoms in total. The summed E-state index contributed by atoms with van der Waals surface area (Å²) in [5.41, 5.74) is 0.553. The highest BCUT2D eigenvalue weighted by Crippen LogP contribution is 2.22. The molecule has 0 saturated carbocycles. The second-order valence-electron chi connectivity index (χ2n) is 3.35. The number of carbonyl (C=O) groups excluding carboxylic acids is 1. The Hall–Kier alpha value is -1.37. The highest BCUT2D eigenvalue weighted by molar-refractivity contribution is 6.35. The van der Waals surface area contributed by atoms with Gasteiger partial charge in [0.25, 0.3) is 0 Å². The van der Waals surface area contributed by atoms with Crippen LogP contribution in [-0.2, 0) is 0 Å². The van der Waals surface area contributed by atoms with E-state index in [4.69, 9.17) is 29.6 Å². The van der Waals surface area contributed by atoms with Gasteiger partial charge >= 0.3 is 6.03 Å². The second kappa shape index (κ2) is 7.05. The summed E-state index contributed by atoms with van der Waals surface area (Å²) in [7, 11) is 0. The Kier molecular flexibility index (Phi) is 5.68. The maximum atomic E-state index is 11.4. The third kappa shape index (κ3) is 5.48. The van der Waals surface area contributed by atoms with Crippen LogP contribution in [0.15, 0.2) is 18.2 Å². The summed E-state index contributed by atoms with van der Waals surface area (Å²) >= 11 is 11.6. The Balaban J connectivity index is 2.43. The number of terminal acetylenes is 1. The zero-order valence-corrected chi connectivity index (χ0v) is 10.6. The third-order valence-electron chi connectivity index (χ3n) is 1.90. The molecule has 1 aromatic rings. The van der Waals surface area contributed by atoms with Gasteiger partial charge in [0.2, 0.25) is 0 Å². The van der Waals surface area contributed by atoms with Gasteiger partial charge in [0.1, 0.15) is 0 Å². The molecule has 0 atom stereocenters. The number of amides is 2. The number of hydrogen-bond acceptors (Lipinski definition) is 1. The van der Waals surface area contributed by atoms with Crippen LogP contribution < -0.4 is 10.6 Å². The van der Waals surface area contributed by atoms with Crippen LogP contribution in [0.1, 0.15) is 12.8 Å². The maximum absolute atomic E-state index is 11.4. The molecule has 0 fully saturated rings. The number of urea groups is 1. The van der Waals surface area contributed by atoms with Crippen molar-refractivity contribution in [2.24, 2.45) is 0 Å². The second-order valence-corrected chi connectivity index (χ2v) is 4.22. The van der Waals surface area contributed by atoms with Crippen molar-refractivity contribution in [2.45, 2.75) is 12.8 Å². The Morgan fingerprint density at radius 2 is 1.94 bits per heavy atom. The summed E-state index contributed by atoms with van der Waals surface area (Å²) in [6.45, 7) is 0.532. The minimum absolute atomic E-state index is 0.305. The lowest BCUT2D eigenvalue weighted by Crippen LogP contribution is -2.29. The zero-order valence-electron chi connectivity index (χ0n) is 9.09. The Labute approximate surface area is 110 Å². The van der Waals surface area contributed by atoms with Gasteiger partial charge in [0.05, 0.1) is 0 Å². The van der Waals surface area contributed by atoms with Crippen molar-refractivity contribution in [1.82, 2.24) is 5.32 Å². The van der Waals surface area contributed by atoms with Gasteiger partial charge < -0.3 is 10.6 Å². The average Bonchev–Trinajstić information content (AvgIpc) is 2.23. The Bertz CT molecular complexity index is 420. The molecule has 0 saturated heterocycles. The molecule has 0 radical (unpaired) electrons. The van der Waals surface area contributed by atoms with Gasteiger partial charge in [0.15, 0.2) is 0 Å². The number of rotatable bonds is 4. The lowest BCUT2D eigenvalue weighted by molar-refractivity contribution is 0.252. The highest BCUT2D eigenvalue weighted by atomic mass is 35.5. The molecule has 0 bridgehead atoms. The fourth-order valence-corrected chi connectivity index (χ4v) is 1.72. The molecule has 0 aliphatic carbocycles. The SMILES string of the molecule is C#CCCCNC(=O)Nc1cc(Cl)cc(Cl)c1. The summed E-state index contributed by atoms with van der Waals surface area (Å²) < 4.78 is 0. The third-order valence-corrected chi connectivity index (χ3v) is 2.34. The van der Waals surface area contributed by atoms with Gasteiger partial charge in [-0.25, -0.2) is 4.79 Å². The minimum atomic E-state index is -0.305. The van der Waals surface area contributed by atoms with E-state index in [2.05, 4.69) is 16.6 Å². The molecular weight excluding hydrogens is 259 g/mol. The number of hydrogen-bond donors (Lipinski definition) is 2. The van der Waals surface area contributed by atoms with Gasteiger partial charge in [-0.2, -0.15) is 0 Å². The quantitative estimate of drug-likeness (QED) is 0.638. The zero-order chi connectivity index (χ0) is 12.7. The first kappa shape index (κ1) is 13.7. The van der Waals surface area contributed by atoms with Crippen molar-refractivity contribution in [3.05, 3.63) is 28.2 Å². The topological polar surface area (TPSA) is 41.1 Å². The van der Waals surface area contributed by atoms with Crippen LogP contribution >= 0.6 is 23.2 Å². The van der Waals surface area contributed by atoms with Gasteiger partial charge in [-0.1, -0.05) is 23.2 Å². The van der Waals surface area contributed by atoms with Gasteiger partial charge in [-0.3, -0.25) is 0 Å². The minimum Gasteiger partial charge on any atom is -0.338 e. The molecule has 1 aromatic carbocycles. The molecule has 2 amide bonds. The normalized spacial score (nSPS) is 9.47. The molecule has 17 heavy (non-hydrogen) atoms. The maximum Gasteiger partial charge on any atom is 0.319 e. The molecule has 0 aliphatic heterocycles. The average molecular weight is 271 g/mol. The van der Waals surface area contributed by atoms with Gasteiger partial charge in [-0.15, -0.1) is 12.3 Å². The standard InChI is InChI=1S/C12H12Cl2N2O/c1-2-3-4-5-15-12(17)16-11-7-9(13)6-10(14)8-11/h1,6-8H,3-5H2,(H2,15,16,17). The molecule has 90 valence electrons. The summed E-state index contributed by atoms with van der Waals surface area (Å²) in [6, 6.07) is 4.53. The monoisotopic (exact) mass is 270 g/mol. The van der Waals surface area contributed by atoms with E-state index < -0.39 is 0 Å². The summed E-state index contributed by atoms with van der Waals surface area (Å²) in [6.07, 6.45) is 6.49. The lowest BCUT2D eigenvalue weighted by atomic mass is 10.3. The first-order chi connectivity index (χ1) is 8.11. The Morgan fingerprint density at radius 1 is 1.29 bits per heavy atom. The van der Waals surface area contributed by atoms with E-state index in [1.54, 1.807) is 18.2 Å². The molecule has 0 heterocycles. The summed E-state index contributed by atoms with van der Waals surface area (Å²) in [5, 5.41) is 6.25. The molecule has 0 aliphatic rings. The smallest absolute Gasteiger partial charge is 0.319 e. The lowest BCUT2D eigenvalue weighted by Gasteiger charge is -2.07. The first-order valence-corrected chi connectivity index (χ1v) is 5.82. The molecule has 0 unspecified atom stereocenters. The van der Waals surface area contributed by atoms with E-state index in [1.165, 1.54) is 0 Å². The van der Waals surface area contributed by atoms with Crippen molar-refractivity contribution >= 4 is 34.9 Å². The largest absolute Gasteiger partial charge is 0.338 e. The van der Waals surface area contributed by atoms with Crippen LogP contribution in [0.5, 0.6) is 0 Å². The van der Waals surface area contributed by atoms with Crippen molar-refractivity contribution in [2.75, 3.05) is 11.9 Å². The molecule has 5 heteroatoms. The number of anilines is 1. The Morgan fingerprint density at radius 3 is 2.53 bits per heavy atom. The van der Waals surface area contributed by atoms with E-state index in [0.717, 1.165) is 6.42 Å². The van der Waals surface area contributed by atoms with Crippen molar-refractivity contribution in [3.63, 3.8) is 0 Å². The van der Waals surface area contributed by atoms with Crippen LogP contribution in [0.3, 0.4) is 0 Å². The fraction of sp³-hybridized carbons (Fsp3) is 0.250. The van der Waals surface area contributed by atoms with Crippen LogP contribution in [0.4, 0.5) is 10.5 Å². The predicted molar refractivity (Wildman–Crippen MR) is 71.6 cm³/mol. The van der Waals surface area contributed by atoms with Crippen molar-refractivity contribution in [1.29, 1.82) is 0 Å².